The van der Waals surface area contributed by atoms with Crippen molar-refractivity contribution in [2.75, 3.05) is 0 Å². The molecule has 0 atom stereocenters. The number of hydrogen-bond donors (Lipinski definition) is 0. The summed E-state index contributed by atoms with van der Waals surface area (Å²) in [6.45, 7) is 0. The van der Waals surface area contributed by atoms with Crippen LogP contribution in [0.25, 0.3) is 0 Å². The van der Waals surface area contributed by atoms with E-state index in [2.05, 4.69) is 0 Å². The van der Waals surface area contributed by atoms with Crippen molar-refractivity contribution in [1.29, 1.82) is 0 Å². The molecule has 0 aromatic carbocycles. The summed E-state index contributed by atoms with van der Waals surface area (Å²) >= 11 is 0. The zero-order valence-corrected chi connectivity index (χ0v) is 10.8. The summed E-state index contributed by atoms with van der Waals surface area (Å²) in [5.41, 5.74) is 0. The van der Waals surface area contributed by atoms with Crippen LogP contribution in [0.3, 0.4) is 0 Å². The minimum atomic E-state index is 0. The van der Waals surface area contributed by atoms with E-state index in [0.29, 0.717) is 0 Å². The molecule has 0 fully saturated rings. The van der Waals surface area contributed by atoms with E-state index < -0.39 is 0 Å². The fourth-order valence-electron chi connectivity index (χ4n) is 0. The molecule has 0 saturated heterocycles. The van der Waals surface area contributed by atoms with Crippen molar-refractivity contribution in [3.8, 4) is 0 Å². The molecule has 0 amide bonds. The zero-order chi connectivity index (χ0) is 0. The second-order valence-corrected chi connectivity index (χ2v) is 0. The van der Waals surface area contributed by atoms with Gasteiger partial charge in [-0.15, -0.1) is 0 Å². The van der Waals surface area contributed by atoms with Crippen LogP contribution in [0.4, 0.5) is 0 Å². The standard InChI is InChI=1S/5ClH.Fe.Nd/h5*1H;;/q;;;;;+2;+3/p-5. The molecule has 7 heteroatoms. The van der Waals surface area contributed by atoms with E-state index in [1.165, 1.54) is 0 Å². The molecule has 0 heterocycles. The van der Waals surface area contributed by atoms with Crippen LogP contribution in [0, 0.1) is 40.8 Å². The zero-order valence-electron chi connectivity index (χ0n) is 2.74. The van der Waals surface area contributed by atoms with E-state index in [-0.39, 0.29) is 120 Å². The van der Waals surface area contributed by atoms with E-state index in [1.54, 1.807) is 0 Å². The van der Waals surface area contributed by atoms with Crippen molar-refractivity contribution in [1.82, 2.24) is 0 Å². The molecule has 0 aliphatic rings. The van der Waals surface area contributed by atoms with Gasteiger partial charge in [-0.05, 0) is 0 Å². The summed E-state index contributed by atoms with van der Waals surface area (Å²) in [4.78, 5) is 0. The summed E-state index contributed by atoms with van der Waals surface area (Å²) in [5.74, 6) is 0. The van der Waals surface area contributed by atoms with Gasteiger partial charge in [0.25, 0.3) is 0 Å². The molecule has 0 unspecified atom stereocenters. The Bertz CT molecular complexity index is 8.04. The van der Waals surface area contributed by atoms with Gasteiger partial charge in [-0.1, -0.05) is 0 Å². The molecule has 0 saturated carbocycles. The number of halogens is 5. The molecule has 0 aromatic rings. The molecule has 0 spiro atoms. The molecule has 47 valence electrons. The normalized spacial score (nSPS) is 0. The van der Waals surface area contributed by atoms with Crippen molar-refractivity contribution in [2.24, 2.45) is 0 Å². The minimum absolute atomic E-state index is 0. The molecule has 7 heavy (non-hydrogen) atoms. The van der Waals surface area contributed by atoms with Crippen molar-refractivity contribution >= 4 is 0 Å². The molecule has 0 N–H and O–H groups in total. The predicted molar refractivity (Wildman–Crippen MR) is 0 cm³/mol. The maximum atomic E-state index is 0. The first-order chi connectivity index (χ1) is 0. The summed E-state index contributed by atoms with van der Waals surface area (Å²) in [6.07, 6.45) is 0. The second-order valence-electron chi connectivity index (χ2n) is 0. The van der Waals surface area contributed by atoms with E-state index in [1.807, 2.05) is 0 Å². The predicted octanol–water partition coefficient (Wildman–Crippen LogP) is -15.0. The summed E-state index contributed by atoms with van der Waals surface area (Å²) < 4.78 is 0. The molecular formula is Cl5FeNd. The molecule has 0 aliphatic carbocycles. The number of hydrogen-bond acceptors (Lipinski definition) is 0. The van der Waals surface area contributed by atoms with Gasteiger partial charge in [-0.25, -0.2) is 0 Å². The van der Waals surface area contributed by atoms with E-state index in [4.69, 9.17) is 0 Å². The van der Waals surface area contributed by atoms with Crippen LogP contribution < -0.4 is 62.0 Å². The van der Waals surface area contributed by atoms with Crippen LogP contribution in [-0.2, 0) is 17.1 Å². The quantitative estimate of drug-likeness (QED) is 0.368. The minimum Gasteiger partial charge on any atom is -1.00 e. The van der Waals surface area contributed by atoms with E-state index >= 15 is 0 Å². The second kappa shape index (κ2) is 58.5. The van der Waals surface area contributed by atoms with Crippen LogP contribution in [0.2, 0.25) is 0 Å². The van der Waals surface area contributed by atoms with Crippen molar-refractivity contribution in [2.45, 2.75) is 0 Å². The molecule has 0 aromatic heterocycles. The van der Waals surface area contributed by atoms with E-state index in [0.717, 1.165) is 0 Å². The van der Waals surface area contributed by atoms with Gasteiger partial charge in [0, 0.05) is 0 Å². The maximum Gasteiger partial charge on any atom is 3.00 e. The van der Waals surface area contributed by atoms with Gasteiger partial charge in [0.1, 0.15) is 0 Å². The first-order valence-corrected chi connectivity index (χ1v) is 0. The first-order valence-electron chi connectivity index (χ1n) is 0. The van der Waals surface area contributed by atoms with Gasteiger partial charge in [0.2, 0.25) is 0 Å². The number of rotatable bonds is 0. The third-order valence-electron chi connectivity index (χ3n) is 0. The maximum absolute atomic E-state index is 0. The Kier molecular flexibility index (Phi) is 680. The smallest absolute Gasteiger partial charge is 1.00 e. The monoisotopic (exact) mass is 373 g/mol. The Balaban J connectivity index is 0. The Morgan fingerprint density at radius 1 is 0.429 bits per heavy atom. The summed E-state index contributed by atoms with van der Waals surface area (Å²) in [5, 5.41) is 0. The Hall–Kier alpha value is 3.32. The first kappa shape index (κ1) is 81.3. The van der Waals surface area contributed by atoms with E-state index in [9.17, 15) is 0 Å². The van der Waals surface area contributed by atoms with Gasteiger partial charge in [0.05, 0.1) is 0 Å². The van der Waals surface area contributed by atoms with Crippen LogP contribution in [0.5, 0.6) is 0 Å². The SMILES string of the molecule is [Cl-].[Cl-].[Cl-].[Cl-].[Cl-].[Fe+2].[Nd+3]. The molecule has 0 aliphatic heterocycles. The van der Waals surface area contributed by atoms with Gasteiger partial charge in [0.15, 0.2) is 0 Å². The Labute approximate surface area is 118 Å². The Morgan fingerprint density at radius 2 is 0.429 bits per heavy atom. The average molecular weight is 377 g/mol. The third kappa shape index (κ3) is 45.3. The van der Waals surface area contributed by atoms with Crippen LogP contribution in [0.1, 0.15) is 0 Å². The molecule has 0 nitrogen and oxygen atoms in total. The van der Waals surface area contributed by atoms with Crippen molar-refractivity contribution in [3.05, 3.63) is 0 Å². The van der Waals surface area contributed by atoms with Crippen LogP contribution in [0.15, 0.2) is 0 Å². The van der Waals surface area contributed by atoms with Gasteiger partial charge in [-0.2, -0.15) is 0 Å². The Morgan fingerprint density at radius 3 is 0.429 bits per heavy atom. The van der Waals surface area contributed by atoms with Crippen LogP contribution >= 0.6 is 0 Å². The summed E-state index contributed by atoms with van der Waals surface area (Å²) in [7, 11) is 0. The molecule has 0 rings (SSSR count). The van der Waals surface area contributed by atoms with Gasteiger partial charge >= 0.3 is 57.9 Å². The largest absolute Gasteiger partial charge is 3.00 e. The van der Waals surface area contributed by atoms with Crippen molar-refractivity contribution < 1.29 is 120 Å². The molecular weight excluding hydrogens is 377 g/mol. The summed E-state index contributed by atoms with van der Waals surface area (Å²) in [6, 6.07) is 0. The molecule has 0 bridgehead atoms. The third-order valence-corrected chi connectivity index (χ3v) is 0. The average Bonchev–Trinajstić information content (AvgIpc) is 0. The molecule has 1 radical (unpaired) electrons. The topological polar surface area (TPSA) is 0 Å². The fraction of sp³-hybridized carbons (Fsp3) is 0. The van der Waals surface area contributed by atoms with Gasteiger partial charge < -0.3 is 62.0 Å². The van der Waals surface area contributed by atoms with Crippen LogP contribution in [-0.4, -0.2) is 0 Å². The van der Waals surface area contributed by atoms with Gasteiger partial charge in [-0.3, -0.25) is 0 Å². The fourth-order valence-corrected chi connectivity index (χ4v) is 0. The van der Waals surface area contributed by atoms with Crippen molar-refractivity contribution in [3.63, 3.8) is 0 Å².